The van der Waals surface area contributed by atoms with Crippen LogP contribution in [0.4, 0.5) is 4.39 Å². The molecule has 3 rings (SSSR count). The summed E-state index contributed by atoms with van der Waals surface area (Å²) >= 11 is 5.87. The van der Waals surface area contributed by atoms with Gasteiger partial charge in [-0.2, -0.15) is 0 Å². The molecule has 0 aliphatic rings. The van der Waals surface area contributed by atoms with Gasteiger partial charge in [0.2, 0.25) is 5.91 Å². The van der Waals surface area contributed by atoms with Crippen molar-refractivity contribution in [3.05, 3.63) is 83.1 Å². The minimum atomic E-state index is -0.872. The maximum absolute atomic E-state index is 14.3. The third-order valence-corrected chi connectivity index (χ3v) is 4.43. The molecule has 7 heteroatoms. The summed E-state index contributed by atoms with van der Waals surface area (Å²) in [6, 6.07) is 17.9. The number of carbonyl (C=O) groups excluding carboxylic acids is 1. The number of halogens is 2. The SMILES string of the molecule is NC(=O)C(N)COCc1ccc(F)c(-c2ccc(Oc3ccc(Cl)cc3)cc2)c1. The molecule has 3 aromatic rings. The molecule has 0 spiro atoms. The second kappa shape index (κ2) is 9.52. The van der Waals surface area contributed by atoms with Gasteiger partial charge in [-0.3, -0.25) is 4.79 Å². The van der Waals surface area contributed by atoms with E-state index in [1.165, 1.54) is 6.07 Å². The molecule has 0 heterocycles. The molecule has 1 atom stereocenters. The van der Waals surface area contributed by atoms with Gasteiger partial charge in [0.1, 0.15) is 23.4 Å². The Kier molecular flexibility index (Phi) is 6.82. The zero-order valence-corrected chi connectivity index (χ0v) is 16.2. The lowest BCUT2D eigenvalue weighted by atomic mass is 10.0. The molecule has 0 aliphatic heterocycles. The number of ether oxygens (including phenoxy) is 2. The minimum absolute atomic E-state index is 0.00121. The van der Waals surface area contributed by atoms with Crippen LogP contribution in [-0.4, -0.2) is 18.6 Å². The average Bonchev–Trinajstić information content (AvgIpc) is 2.71. The van der Waals surface area contributed by atoms with Gasteiger partial charge in [-0.15, -0.1) is 0 Å². The van der Waals surface area contributed by atoms with Gasteiger partial charge in [-0.1, -0.05) is 29.8 Å². The molecule has 0 fully saturated rings. The molecule has 4 N–H and O–H groups in total. The van der Waals surface area contributed by atoms with Crippen LogP contribution in [0, 0.1) is 5.82 Å². The number of hydrogen-bond donors (Lipinski definition) is 2. The van der Waals surface area contributed by atoms with Gasteiger partial charge in [-0.05, 0) is 59.7 Å². The average molecular weight is 415 g/mol. The maximum atomic E-state index is 14.3. The molecule has 0 bridgehead atoms. The lowest BCUT2D eigenvalue weighted by Crippen LogP contribution is -2.40. The van der Waals surface area contributed by atoms with Crippen molar-refractivity contribution in [3.63, 3.8) is 0 Å². The van der Waals surface area contributed by atoms with Gasteiger partial charge >= 0.3 is 0 Å². The van der Waals surface area contributed by atoms with E-state index in [1.54, 1.807) is 60.7 Å². The highest BCUT2D eigenvalue weighted by atomic mass is 35.5. The smallest absolute Gasteiger partial charge is 0.236 e. The van der Waals surface area contributed by atoms with Crippen LogP contribution in [0.3, 0.4) is 0 Å². The molecule has 3 aromatic carbocycles. The van der Waals surface area contributed by atoms with Crippen LogP contribution in [0.25, 0.3) is 11.1 Å². The third kappa shape index (κ3) is 5.77. The number of carbonyl (C=O) groups is 1. The molecule has 150 valence electrons. The van der Waals surface area contributed by atoms with E-state index < -0.39 is 11.9 Å². The summed E-state index contributed by atoms with van der Waals surface area (Å²) in [4.78, 5) is 10.9. The molecule has 0 saturated heterocycles. The molecular formula is C22H20ClFN2O3. The Balaban J connectivity index is 1.69. The summed E-state index contributed by atoms with van der Waals surface area (Å²) in [7, 11) is 0. The van der Waals surface area contributed by atoms with E-state index in [0.717, 1.165) is 5.56 Å². The summed E-state index contributed by atoms with van der Waals surface area (Å²) < 4.78 is 25.5. The third-order valence-electron chi connectivity index (χ3n) is 4.18. The van der Waals surface area contributed by atoms with E-state index in [1.807, 2.05) is 0 Å². The number of nitrogens with two attached hydrogens (primary N) is 2. The largest absolute Gasteiger partial charge is 0.457 e. The monoisotopic (exact) mass is 414 g/mol. The highest BCUT2D eigenvalue weighted by Gasteiger charge is 2.11. The second-order valence-electron chi connectivity index (χ2n) is 6.42. The Morgan fingerprint density at radius 2 is 1.62 bits per heavy atom. The predicted octanol–water partition coefficient (Wildman–Crippen LogP) is 4.27. The number of amides is 1. The zero-order chi connectivity index (χ0) is 20.8. The van der Waals surface area contributed by atoms with Gasteiger partial charge in [0, 0.05) is 10.6 Å². The van der Waals surface area contributed by atoms with Gasteiger partial charge < -0.3 is 20.9 Å². The quantitative estimate of drug-likeness (QED) is 0.576. The molecule has 0 aliphatic carbocycles. The molecule has 1 amide bonds. The van der Waals surface area contributed by atoms with Crippen LogP contribution < -0.4 is 16.2 Å². The first-order chi connectivity index (χ1) is 13.9. The Hall–Kier alpha value is -2.93. The van der Waals surface area contributed by atoms with E-state index in [0.29, 0.717) is 27.6 Å². The van der Waals surface area contributed by atoms with Crippen LogP contribution >= 0.6 is 11.6 Å². The highest BCUT2D eigenvalue weighted by Crippen LogP contribution is 2.28. The Bertz CT molecular complexity index is 978. The van der Waals surface area contributed by atoms with E-state index in [2.05, 4.69) is 0 Å². The Labute approximate surface area is 173 Å². The van der Waals surface area contributed by atoms with Crippen LogP contribution in [0.2, 0.25) is 5.02 Å². The number of primary amides is 1. The summed E-state index contributed by atoms with van der Waals surface area (Å²) in [5, 5.41) is 0.628. The van der Waals surface area contributed by atoms with Crippen molar-refractivity contribution in [2.45, 2.75) is 12.6 Å². The molecule has 1 unspecified atom stereocenters. The standard InChI is InChI=1S/C22H20ClFN2O3/c23-16-4-8-18(9-5-16)29-17-6-2-15(3-7-17)19-11-14(1-10-20(19)24)12-28-13-21(25)22(26)27/h1-11,21H,12-13,25H2,(H2,26,27). The van der Waals surface area contributed by atoms with E-state index in [9.17, 15) is 9.18 Å². The number of hydrogen-bond acceptors (Lipinski definition) is 4. The molecule has 0 radical (unpaired) electrons. The fourth-order valence-corrected chi connectivity index (χ4v) is 2.74. The first kappa shape index (κ1) is 20.8. The fraction of sp³-hybridized carbons (Fsp3) is 0.136. The second-order valence-corrected chi connectivity index (χ2v) is 6.85. The number of benzene rings is 3. The lowest BCUT2D eigenvalue weighted by molar-refractivity contribution is -0.120. The summed E-state index contributed by atoms with van der Waals surface area (Å²) in [6.45, 7) is 0.185. The van der Waals surface area contributed by atoms with Crippen molar-refractivity contribution in [1.82, 2.24) is 0 Å². The van der Waals surface area contributed by atoms with Crippen molar-refractivity contribution in [2.75, 3.05) is 6.61 Å². The van der Waals surface area contributed by atoms with Crippen LogP contribution in [0.15, 0.2) is 66.7 Å². The molecule has 29 heavy (non-hydrogen) atoms. The van der Waals surface area contributed by atoms with Crippen molar-refractivity contribution in [3.8, 4) is 22.6 Å². The van der Waals surface area contributed by atoms with E-state index in [-0.39, 0.29) is 19.0 Å². The summed E-state index contributed by atoms with van der Waals surface area (Å²) in [6.07, 6.45) is 0. The maximum Gasteiger partial charge on any atom is 0.236 e. The first-order valence-corrected chi connectivity index (χ1v) is 9.25. The van der Waals surface area contributed by atoms with Crippen LogP contribution in [-0.2, 0) is 16.1 Å². The summed E-state index contributed by atoms with van der Waals surface area (Å²) in [5.74, 6) is 0.290. The van der Waals surface area contributed by atoms with Crippen molar-refractivity contribution >= 4 is 17.5 Å². The number of rotatable bonds is 8. The van der Waals surface area contributed by atoms with Gasteiger partial charge in [0.25, 0.3) is 0 Å². The van der Waals surface area contributed by atoms with Crippen molar-refractivity contribution in [2.24, 2.45) is 11.5 Å². The Morgan fingerprint density at radius 3 is 2.24 bits per heavy atom. The topological polar surface area (TPSA) is 87.6 Å². The van der Waals surface area contributed by atoms with Crippen LogP contribution in [0.1, 0.15) is 5.56 Å². The molecular weight excluding hydrogens is 395 g/mol. The fourth-order valence-electron chi connectivity index (χ4n) is 2.61. The lowest BCUT2D eigenvalue weighted by Gasteiger charge is -2.11. The van der Waals surface area contributed by atoms with Gasteiger partial charge in [0.15, 0.2) is 0 Å². The van der Waals surface area contributed by atoms with E-state index >= 15 is 0 Å². The van der Waals surface area contributed by atoms with Crippen molar-refractivity contribution < 1.29 is 18.7 Å². The van der Waals surface area contributed by atoms with Crippen molar-refractivity contribution in [1.29, 1.82) is 0 Å². The summed E-state index contributed by atoms with van der Waals surface area (Å²) in [5.41, 5.74) is 12.5. The van der Waals surface area contributed by atoms with Crippen LogP contribution in [0.5, 0.6) is 11.5 Å². The minimum Gasteiger partial charge on any atom is -0.457 e. The van der Waals surface area contributed by atoms with Gasteiger partial charge in [-0.25, -0.2) is 4.39 Å². The van der Waals surface area contributed by atoms with Gasteiger partial charge in [0.05, 0.1) is 13.2 Å². The zero-order valence-electron chi connectivity index (χ0n) is 15.5. The first-order valence-electron chi connectivity index (χ1n) is 8.87. The Morgan fingerprint density at radius 1 is 1.00 bits per heavy atom. The molecule has 5 nitrogen and oxygen atoms in total. The van der Waals surface area contributed by atoms with E-state index in [4.69, 9.17) is 32.5 Å². The molecule has 0 saturated carbocycles. The molecule has 0 aromatic heterocycles. The normalized spacial score (nSPS) is 11.8. The predicted molar refractivity (Wildman–Crippen MR) is 110 cm³/mol. The highest BCUT2D eigenvalue weighted by molar-refractivity contribution is 6.30.